The molecule has 7 nitrogen and oxygen atoms in total. The Balaban J connectivity index is 2.09. The fourth-order valence-electron chi connectivity index (χ4n) is 2.42. The Kier molecular flexibility index (Phi) is 5.30. The summed E-state index contributed by atoms with van der Waals surface area (Å²) < 4.78 is 3.65. The maximum Gasteiger partial charge on any atom is 0.255 e. The van der Waals surface area contributed by atoms with E-state index in [4.69, 9.17) is 0 Å². The van der Waals surface area contributed by atoms with Crippen LogP contribution in [0.15, 0.2) is 12.5 Å². The Morgan fingerprint density at radius 3 is 2.73 bits per heavy atom. The SMILES string of the molecule is CCCn1cc(C(=O)NC(C)c2ncnn2CCC)c(C)n1. The lowest BCUT2D eigenvalue weighted by Crippen LogP contribution is -2.29. The molecule has 22 heavy (non-hydrogen) atoms. The molecule has 0 bridgehead atoms. The zero-order valence-electron chi connectivity index (χ0n) is 13.7. The van der Waals surface area contributed by atoms with Gasteiger partial charge in [0.25, 0.3) is 5.91 Å². The van der Waals surface area contributed by atoms with Crippen molar-refractivity contribution < 1.29 is 4.79 Å². The van der Waals surface area contributed by atoms with Crippen LogP contribution in [0.3, 0.4) is 0 Å². The molecule has 2 aromatic heterocycles. The number of aromatic nitrogens is 5. The summed E-state index contributed by atoms with van der Waals surface area (Å²) in [5, 5.41) is 11.5. The van der Waals surface area contributed by atoms with Crippen LogP contribution >= 0.6 is 0 Å². The average molecular weight is 304 g/mol. The molecular formula is C15H24N6O. The summed E-state index contributed by atoms with van der Waals surface area (Å²) in [6.45, 7) is 9.54. The first-order valence-corrected chi connectivity index (χ1v) is 7.79. The molecule has 2 rings (SSSR count). The average Bonchev–Trinajstić information content (AvgIpc) is 3.06. The second-order valence-electron chi connectivity index (χ2n) is 5.43. The van der Waals surface area contributed by atoms with Crippen LogP contribution in [0.5, 0.6) is 0 Å². The van der Waals surface area contributed by atoms with E-state index < -0.39 is 0 Å². The molecule has 1 atom stereocenters. The molecule has 1 unspecified atom stereocenters. The minimum atomic E-state index is -0.199. The molecule has 0 aliphatic carbocycles. The molecular weight excluding hydrogens is 280 g/mol. The Bertz CT molecular complexity index is 630. The highest BCUT2D eigenvalue weighted by molar-refractivity contribution is 5.95. The second-order valence-corrected chi connectivity index (χ2v) is 5.43. The fourth-order valence-corrected chi connectivity index (χ4v) is 2.42. The van der Waals surface area contributed by atoms with E-state index in [1.807, 2.05) is 23.2 Å². The smallest absolute Gasteiger partial charge is 0.255 e. The number of hydrogen-bond acceptors (Lipinski definition) is 4. The highest BCUT2D eigenvalue weighted by atomic mass is 16.1. The summed E-state index contributed by atoms with van der Waals surface area (Å²) in [6.07, 6.45) is 5.29. The van der Waals surface area contributed by atoms with Crippen LogP contribution in [0, 0.1) is 6.92 Å². The molecule has 120 valence electrons. The molecule has 0 saturated carbocycles. The molecule has 0 radical (unpaired) electrons. The van der Waals surface area contributed by atoms with Crippen LogP contribution in [0.4, 0.5) is 0 Å². The third-order valence-corrected chi connectivity index (χ3v) is 3.46. The second kappa shape index (κ2) is 7.20. The van der Waals surface area contributed by atoms with Crippen molar-refractivity contribution in [3.63, 3.8) is 0 Å². The number of amides is 1. The summed E-state index contributed by atoms with van der Waals surface area (Å²) >= 11 is 0. The lowest BCUT2D eigenvalue weighted by atomic mass is 10.2. The van der Waals surface area contributed by atoms with Gasteiger partial charge in [0.15, 0.2) is 0 Å². The first-order valence-electron chi connectivity index (χ1n) is 7.79. The maximum atomic E-state index is 12.4. The molecule has 0 aliphatic heterocycles. The van der Waals surface area contributed by atoms with Gasteiger partial charge in [-0.15, -0.1) is 0 Å². The summed E-state index contributed by atoms with van der Waals surface area (Å²) in [6, 6.07) is -0.199. The summed E-state index contributed by atoms with van der Waals surface area (Å²) in [5.41, 5.74) is 1.36. The summed E-state index contributed by atoms with van der Waals surface area (Å²) in [7, 11) is 0. The van der Waals surface area contributed by atoms with E-state index in [9.17, 15) is 4.79 Å². The number of nitrogens with one attached hydrogen (secondary N) is 1. The van der Waals surface area contributed by atoms with Crippen LogP contribution in [0.25, 0.3) is 0 Å². The van der Waals surface area contributed by atoms with Gasteiger partial charge in [-0.25, -0.2) is 9.67 Å². The standard InChI is InChI=1S/C15H24N6O/c1-5-7-20-9-13(11(3)19-20)15(22)18-12(4)14-16-10-17-21(14)8-6-2/h9-10,12H,5-8H2,1-4H3,(H,18,22). The predicted molar refractivity (Wildman–Crippen MR) is 83.4 cm³/mol. The highest BCUT2D eigenvalue weighted by Crippen LogP contribution is 2.12. The van der Waals surface area contributed by atoms with E-state index >= 15 is 0 Å². The molecule has 0 saturated heterocycles. The molecule has 1 amide bonds. The lowest BCUT2D eigenvalue weighted by molar-refractivity contribution is 0.0936. The van der Waals surface area contributed by atoms with Crippen molar-refractivity contribution >= 4 is 5.91 Å². The van der Waals surface area contributed by atoms with Gasteiger partial charge in [-0.1, -0.05) is 13.8 Å². The third-order valence-electron chi connectivity index (χ3n) is 3.46. The maximum absolute atomic E-state index is 12.4. The van der Waals surface area contributed by atoms with Crippen LogP contribution in [-0.4, -0.2) is 30.5 Å². The van der Waals surface area contributed by atoms with E-state index in [0.29, 0.717) is 5.56 Å². The van der Waals surface area contributed by atoms with E-state index in [-0.39, 0.29) is 11.9 Å². The van der Waals surface area contributed by atoms with Crippen molar-refractivity contribution in [2.45, 2.75) is 59.7 Å². The molecule has 0 fully saturated rings. The van der Waals surface area contributed by atoms with Crippen LogP contribution in [0.1, 0.15) is 61.5 Å². The fraction of sp³-hybridized carbons (Fsp3) is 0.600. The number of rotatable bonds is 7. The zero-order valence-corrected chi connectivity index (χ0v) is 13.7. The van der Waals surface area contributed by atoms with E-state index in [2.05, 4.69) is 34.3 Å². The molecule has 0 spiro atoms. The van der Waals surface area contributed by atoms with Crippen LogP contribution in [0.2, 0.25) is 0 Å². The normalized spacial score (nSPS) is 12.4. The van der Waals surface area contributed by atoms with Crippen molar-refractivity contribution in [1.29, 1.82) is 0 Å². The van der Waals surface area contributed by atoms with Gasteiger partial charge in [0.1, 0.15) is 12.2 Å². The van der Waals surface area contributed by atoms with E-state index in [0.717, 1.165) is 37.4 Å². The molecule has 0 aromatic carbocycles. The van der Waals surface area contributed by atoms with Crippen molar-refractivity contribution in [3.8, 4) is 0 Å². The van der Waals surface area contributed by atoms with Gasteiger partial charge >= 0.3 is 0 Å². The number of hydrogen-bond donors (Lipinski definition) is 1. The number of carbonyl (C=O) groups excluding carboxylic acids is 1. The van der Waals surface area contributed by atoms with Gasteiger partial charge < -0.3 is 5.32 Å². The van der Waals surface area contributed by atoms with E-state index in [1.165, 1.54) is 6.33 Å². The number of aryl methyl sites for hydroxylation is 3. The summed E-state index contributed by atoms with van der Waals surface area (Å²) in [5.74, 6) is 0.646. The van der Waals surface area contributed by atoms with Crippen molar-refractivity contribution in [2.24, 2.45) is 0 Å². The molecule has 1 N–H and O–H groups in total. The van der Waals surface area contributed by atoms with Gasteiger partial charge in [-0.2, -0.15) is 10.2 Å². The van der Waals surface area contributed by atoms with Crippen molar-refractivity contribution in [1.82, 2.24) is 29.9 Å². The topological polar surface area (TPSA) is 77.6 Å². The Morgan fingerprint density at radius 1 is 1.32 bits per heavy atom. The first kappa shape index (κ1) is 16.2. The van der Waals surface area contributed by atoms with Crippen molar-refractivity contribution in [3.05, 3.63) is 29.6 Å². The Morgan fingerprint density at radius 2 is 2.05 bits per heavy atom. The van der Waals surface area contributed by atoms with Crippen molar-refractivity contribution in [2.75, 3.05) is 0 Å². The van der Waals surface area contributed by atoms with Gasteiger partial charge in [-0.3, -0.25) is 9.48 Å². The number of nitrogens with zero attached hydrogens (tertiary/aromatic N) is 5. The van der Waals surface area contributed by atoms with Gasteiger partial charge in [0, 0.05) is 19.3 Å². The Hall–Kier alpha value is -2.18. The third kappa shape index (κ3) is 3.52. The van der Waals surface area contributed by atoms with Gasteiger partial charge in [-0.05, 0) is 26.7 Å². The molecule has 7 heteroatoms. The monoisotopic (exact) mass is 304 g/mol. The quantitative estimate of drug-likeness (QED) is 0.849. The van der Waals surface area contributed by atoms with Gasteiger partial charge in [0.05, 0.1) is 17.3 Å². The summed E-state index contributed by atoms with van der Waals surface area (Å²) in [4.78, 5) is 16.7. The largest absolute Gasteiger partial charge is 0.342 e. The molecule has 0 aliphatic rings. The highest BCUT2D eigenvalue weighted by Gasteiger charge is 2.19. The Labute approximate surface area is 130 Å². The molecule has 2 heterocycles. The molecule has 2 aromatic rings. The van der Waals surface area contributed by atoms with Crippen LogP contribution in [-0.2, 0) is 13.1 Å². The minimum Gasteiger partial charge on any atom is -0.342 e. The van der Waals surface area contributed by atoms with E-state index in [1.54, 1.807) is 6.20 Å². The predicted octanol–water partition coefficient (Wildman–Crippen LogP) is 2.09. The number of carbonyl (C=O) groups is 1. The lowest BCUT2D eigenvalue weighted by Gasteiger charge is -2.14. The van der Waals surface area contributed by atoms with Crippen LogP contribution < -0.4 is 5.32 Å². The zero-order chi connectivity index (χ0) is 16.1. The minimum absolute atomic E-state index is 0.126. The first-order chi connectivity index (χ1) is 10.6. The van der Waals surface area contributed by atoms with Gasteiger partial charge in [0.2, 0.25) is 0 Å².